The third kappa shape index (κ3) is 4.20. The Balaban J connectivity index is 1.48. The van der Waals surface area contributed by atoms with Gasteiger partial charge in [0.25, 0.3) is 0 Å². The average Bonchev–Trinajstić information content (AvgIpc) is 3.20. The van der Waals surface area contributed by atoms with E-state index in [2.05, 4.69) is 10.3 Å². The van der Waals surface area contributed by atoms with E-state index in [0.717, 1.165) is 11.3 Å². The van der Waals surface area contributed by atoms with E-state index in [-0.39, 0.29) is 11.8 Å². The second kappa shape index (κ2) is 7.57. The Morgan fingerprint density at radius 2 is 2.17 bits per heavy atom. The third-order valence-electron chi connectivity index (χ3n) is 4.22. The largest absolute Gasteiger partial charge is 0.344 e. The van der Waals surface area contributed by atoms with Gasteiger partial charge in [0.2, 0.25) is 11.8 Å². The maximum absolute atomic E-state index is 12.4. The Bertz CT molecular complexity index is 698. The number of benzene rings is 1. The number of amides is 2. The first-order valence-corrected chi connectivity index (χ1v) is 9.07. The molecule has 1 aromatic heterocycles. The Morgan fingerprint density at radius 3 is 2.88 bits per heavy atom. The second-order valence-electron chi connectivity index (χ2n) is 6.13. The van der Waals surface area contributed by atoms with Crippen LogP contribution in [0.15, 0.2) is 35.2 Å². The van der Waals surface area contributed by atoms with Crippen LogP contribution in [-0.4, -0.2) is 34.3 Å². The Morgan fingerprint density at radius 1 is 1.38 bits per heavy atom. The van der Waals surface area contributed by atoms with Gasteiger partial charge in [-0.2, -0.15) is 0 Å². The molecule has 1 saturated heterocycles. The number of carbonyl (C=O) groups excluding carboxylic acids is 2. The molecule has 0 saturated carbocycles. The summed E-state index contributed by atoms with van der Waals surface area (Å²) in [6, 6.07) is 7.80. The molecule has 0 bridgehead atoms. The summed E-state index contributed by atoms with van der Waals surface area (Å²) >= 11 is 1.52. The van der Waals surface area contributed by atoms with Gasteiger partial charge in [-0.3, -0.25) is 9.59 Å². The number of likely N-dealkylation sites (tertiary alicyclic amines) is 1. The summed E-state index contributed by atoms with van der Waals surface area (Å²) in [6.07, 6.45) is 1.65. The number of nitrogens with one attached hydrogen (secondary N) is 1. The van der Waals surface area contributed by atoms with Crippen LogP contribution in [-0.2, 0) is 22.6 Å². The van der Waals surface area contributed by atoms with E-state index in [4.69, 9.17) is 0 Å². The van der Waals surface area contributed by atoms with Crippen LogP contribution in [0.1, 0.15) is 29.7 Å². The summed E-state index contributed by atoms with van der Waals surface area (Å²) in [7, 11) is 0. The van der Waals surface area contributed by atoms with E-state index in [9.17, 15) is 9.59 Å². The van der Waals surface area contributed by atoms with Crippen molar-refractivity contribution in [2.24, 2.45) is 0 Å². The molecule has 1 unspecified atom stereocenters. The molecule has 5 nitrogen and oxygen atoms in total. The normalized spacial score (nSPS) is 17.3. The lowest BCUT2D eigenvalue weighted by Crippen LogP contribution is -2.41. The number of hydrogen-bond acceptors (Lipinski definition) is 4. The maximum atomic E-state index is 12.4. The molecular formula is C18H21N3O2S. The van der Waals surface area contributed by atoms with E-state index in [0.29, 0.717) is 32.4 Å². The lowest BCUT2D eigenvalue weighted by molar-refractivity contribution is -0.133. The van der Waals surface area contributed by atoms with Crippen LogP contribution in [0.4, 0.5) is 0 Å². The highest BCUT2D eigenvalue weighted by Gasteiger charge is 2.32. The predicted molar refractivity (Wildman–Crippen MR) is 93.6 cm³/mol. The molecule has 0 radical (unpaired) electrons. The highest BCUT2D eigenvalue weighted by Crippen LogP contribution is 2.16. The Labute approximate surface area is 145 Å². The van der Waals surface area contributed by atoms with Crippen LogP contribution >= 0.6 is 11.3 Å². The molecule has 2 amide bonds. The number of nitrogens with zero attached hydrogens (tertiary/aromatic N) is 2. The van der Waals surface area contributed by atoms with E-state index < -0.39 is 6.04 Å². The minimum absolute atomic E-state index is 0.0117. The van der Waals surface area contributed by atoms with Gasteiger partial charge in [0.05, 0.1) is 11.2 Å². The lowest BCUT2D eigenvalue weighted by Gasteiger charge is -2.17. The van der Waals surface area contributed by atoms with E-state index in [1.54, 1.807) is 5.51 Å². The molecule has 0 aliphatic carbocycles. The number of carbonyl (C=O) groups is 2. The van der Waals surface area contributed by atoms with E-state index in [1.807, 2.05) is 41.5 Å². The zero-order valence-electron chi connectivity index (χ0n) is 13.7. The molecule has 1 aliphatic rings. The van der Waals surface area contributed by atoms with Crippen LogP contribution in [0.5, 0.6) is 0 Å². The molecule has 6 heteroatoms. The molecular weight excluding hydrogens is 322 g/mol. The summed E-state index contributed by atoms with van der Waals surface area (Å²) in [5.74, 6) is -0.0730. The molecule has 1 aliphatic heterocycles. The number of aryl methyl sites for hydroxylation is 2. The second-order valence-corrected chi connectivity index (χ2v) is 6.85. The SMILES string of the molecule is Cc1ccc(CN2CCC(NC(=O)CCc3cscn3)C2=O)cc1. The van der Waals surface area contributed by atoms with Gasteiger partial charge in [0.15, 0.2) is 0 Å². The summed E-state index contributed by atoms with van der Waals surface area (Å²) in [6.45, 7) is 3.33. The van der Waals surface area contributed by atoms with Crippen LogP contribution in [0, 0.1) is 6.92 Å². The zero-order valence-corrected chi connectivity index (χ0v) is 14.5. The van der Waals surface area contributed by atoms with Crippen molar-refractivity contribution in [3.8, 4) is 0 Å². The van der Waals surface area contributed by atoms with Gasteiger partial charge >= 0.3 is 0 Å². The summed E-state index contributed by atoms with van der Waals surface area (Å²) in [4.78, 5) is 30.5. The van der Waals surface area contributed by atoms with Gasteiger partial charge in [0, 0.05) is 24.9 Å². The Hall–Kier alpha value is -2.21. The lowest BCUT2D eigenvalue weighted by atomic mass is 10.1. The van der Waals surface area contributed by atoms with E-state index in [1.165, 1.54) is 16.9 Å². The minimum Gasteiger partial charge on any atom is -0.344 e. The molecule has 126 valence electrons. The van der Waals surface area contributed by atoms with Crippen molar-refractivity contribution in [2.45, 2.75) is 38.8 Å². The number of aromatic nitrogens is 1. The molecule has 2 heterocycles. The fraction of sp³-hybridized carbons (Fsp3) is 0.389. The van der Waals surface area contributed by atoms with Gasteiger partial charge < -0.3 is 10.2 Å². The molecule has 1 atom stereocenters. The maximum Gasteiger partial charge on any atom is 0.245 e. The van der Waals surface area contributed by atoms with Crippen LogP contribution in [0.25, 0.3) is 0 Å². The quantitative estimate of drug-likeness (QED) is 0.875. The van der Waals surface area contributed by atoms with Crippen molar-refractivity contribution in [2.75, 3.05) is 6.54 Å². The van der Waals surface area contributed by atoms with Crippen molar-refractivity contribution >= 4 is 23.2 Å². The van der Waals surface area contributed by atoms with Crippen molar-refractivity contribution in [3.63, 3.8) is 0 Å². The fourth-order valence-electron chi connectivity index (χ4n) is 2.81. The highest BCUT2D eigenvalue weighted by molar-refractivity contribution is 7.07. The van der Waals surface area contributed by atoms with Crippen molar-refractivity contribution < 1.29 is 9.59 Å². The van der Waals surface area contributed by atoms with Gasteiger partial charge in [-0.05, 0) is 25.3 Å². The first-order chi connectivity index (χ1) is 11.6. The first-order valence-electron chi connectivity index (χ1n) is 8.12. The molecule has 3 rings (SSSR count). The fourth-order valence-corrected chi connectivity index (χ4v) is 3.41. The Kier molecular flexibility index (Phi) is 5.25. The number of rotatable bonds is 6. The van der Waals surface area contributed by atoms with Crippen molar-refractivity contribution in [1.29, 1.82) is 0 Å². The average molecular weight is 343 g/mol. The van der Waals surface area contributed by atoms with Gasteiger partial charge in [-0.15, -0.1) is 11.3 Å². The standard InChI is InChI=1S/C18H21N3O2S/c1-13-2-4-14(5-3-13)10-21-9-8-16(18(21)23)20-17(22)7-6-15-11-24-12-19-15/h2-5,11-12,16H,6-10H2,1H3,(H,20,22). The van der Waals surface area contributed by atoms with Gasteiger partial charge in [-0.1, -0.05) is 29.8 Å². The molecule has 1 N–H and O–H groups in total. The molecule has 1 aromatic carbocycles. The molecule has 2 aromatic rings. The third-order valence-corrected chi connectivity index (χ3v) is 4.85. The zero-order chi connectivity index (χ0) is 16.9. The van der Waals surface area contributed by atoms with Crippen LogP contribution < -0.4 is 5.32 Å². The first kappa shape index (κ1) is 16.6. The topological polar surface area (TPSA) is 62.3 Å². The number of hydrogen-bond donors (Lipinski definition) is 1. The molecule has 0 spiro atoms. The van der Waals surface area contributed by atoms with Crippen LogP contribution in [0.2, 0.25) is 0 Å². The summed E-state index contributed by atoms with van der Waals surface area (Å²) < 4.78 is 0. The molecule has 1 fully saturated rings. The number of thiazole rings is 1. The van der Waals surface area contributed by atoms with Gasteiger partial charge in [0.1, 0.15) is 6.04 Å². The minimum atomic E-state index is -0.390. The highest BCUT2D eigenvalue weighted by atomic mass is 32.1. The smallest absolute Gasteiger partial charge is 0.245 e. The van der Waals surface area contributed by atoms with Crippen molar-refractivity contribution in [3.05, 3.63) is 52.0 Å². The van der Waals surface area contributed by atoms with Crippen LogP contribution in [0.3, 0.4) is 0 Å². The summed E-state index contributed by atoms with van der Waals surface area (Å²) in [5.41, 5.74) is 5.01. The summed E-state index contributed by atoms with van der Waals surface area (Å²) in [5, 5.41) is 4.80. The van der Waals surface area contributed by atoms with Gasteiger partial charge in [-0.25, -0.2) is 4.98 Å². The molecule has 24 heavy (non-hydrogen) atoms. The predicted octanol–water partition coefficient (Wildman–Crippen LogP) is 2.30. The monoisotopic (exact) mass is 343 g/mol. The van der Waals surface area contributed by atoms with Crippen molar-refractivity contribution in [1.82, 2.24) is 15.2 Å². The van der Waals surface area contributed by atoms with E-state index >= 15 is 0 Å².